The van der Waals surface area contributed by atoms with Gasteiger partial charge in [0.25, 0.3) is 5.91 Å². The third-order valence-electron chi connectivity index (χ3n) is 2.37. The summed E-state index contributed by atoms with van der Waals surface area (Å²) in [5.74, 6) is 0.331. The molecule has 0 bridgehead atoms. The summed E-state index contributed by atoms with van der Waals surface area (Å²) < 4.78 is 0. The lowest BCUT2D eigenvalue weighted by Gasteiger charge is -2.07. The van der Waals surface area contributed by atoms with Gasteiger partial charge in [0.1, 0.15) is 11.0 Å². The highest BCUT2D eigenvalue weighted by atomic mass is 35.5. The Kier molecular flexibility index (Phi) is 4.35. The number of nitrogens with zero attached hydrogens (tertiary/aromatic N) is 2. The van der Waals surface area contributed by atoms with Crippen LogP contribution in [-0.2, 0) is 0 Å². The van der Waals surface area contributed by atoms with Crippen molar-refractivity contribution in [1.82, 2.24) is 15.2 Å². The van der Waals surface area contributed by atoms with Crippen LogP contribution in [0, 0.1) is 0 Å². The van der Waals surface area contributed by atoms with Gasteiger partial charge in [0.05, 0.1) is 11.9 Å². The molecule has 7 heteroatoms. The van der Waals surface area contributed by atoms with Crippen LogP contribution < -0.4 is 10.6 Å². The minimum absolute atomic E-state index is 0.259. The first-order valence-corrected chi connectivity index (χ1v) is 6.28. The molecule has 6 nitrogen and oxygen atoms in total. The molecule has 2 aromatic rings. The molecule has 3 N–H and O–H groups in total. The Balaban J connectivity index is 2.14. The van der Waals surface area contributed by atoms with Crippen molar-refractivity contribution in [3.05, 3.63) is 35.2 Å². The predicted octanol–water partition coefficient (Wildman–Crippen LogP) is 2.53. The molecule has 0 aromatic carbocycles. The van der Waals surface area contributed by atoms with E-state index in [0.29, 0.717) is 17.1 Å². The van der Waals surface area contributed by atoms with Crippen LogP contribution in [-0.4, -0.2) is 27.6 Å². The molecular weight excluding hydrogens is 266 g/mol. The Morgan fingerprint density at radius 3 is 3.00 bits per heavy atom. The maximum absolute atomic E-state index is 12.0. The van der Waals surface area contributed by atoms with Crippen LogP contribution in [0.4, 0.5) is 11.5 Å². The average Bonchev–Trinajstić information content (AvgIpc) is 2.88. The van der Waals surface area contributed by atoms with E-state index < -0.39 is 0 Å². The molecule has 19 heavy (non-hydrogen) atoms. The highest BCUT2D eigenvalue weighted by molar-refractivity contribution is 6.30. The number of carbonyl (C=O) groups is 1. The molecule has 1 amide bonds. The topological polar surface area (TPSA) is 82.7 Å². The van der Waals surface area contributed by atoms with E-state index in [4.69, 9.17) is 11.6 Å². The maximum Gasteiger partial charge on any atom is 0.255 e. The third kappa shape index (κ3) is 3.69. The van der Waals surface area contributed by atoms with Crippen LogP contribution in [0.25, 0.3) is 0 Å². The van der Waals surface area contributed by atoms with Crippen LogP contribution >= 0.6 is 11.6 Å². The lowest BCUT2D eigenvalue weighted by Crippen LogP contribution is -2.12. The van der Waals surface area contributed by atoms with E-state index in [1.807, 2.05) is 6.92 Å². The van der Waals surface area contributed by atoms with Gasteiger partial charge >= 0.3 is 0 Å². The fourth-order valence-electron chi connectivity index (χ4n) is 1.49. The molecule has 2 aromatic heterocycles. The van der Waals surface area contributed by atoms with Crippen LogP contribution in [0.2, 0.25) is 5.15 Å². The zero-order chi connectivity index (χ0) is 13.7. The summed E-state index contributed by atoms with van der Waals surface area (Å²) in [6.07, 6.45) is 4.08. The molecule has 0 radical (unpaired) electrons. The Bertz CT molecular complexity index is 555. The molecule has 0 unspecified atom stereocenters. The monoisotopic (exact) mass is 279 g/mol. The van der Waals surface area contributed by atoms with Gasteiger partial charge in [-0.15, -0.1) is 0 Å². The molecule has 100 valence electrons. The van der Waals surface area contributed by atoms with Gasteiger partial charge in [0.15, 0.2) is 0 Å². The minimum atomic E-state index is -0.259. The SMILES string of the molecule is CCCNc1cc(C(=O)Nc2cn[nH]c2)cc(Cl)n1. The molecule has 0 saturated heterocycles. The molecule has 0 saturated carbocycles. The molecule has 2 heterocycles. The molecule has 0 atom stereocenters. The van der Waals surface area contributed by atoms with E-state index in [9.17, 15) is 4.79 Å². The van der Waals surface area contributed by atoms with E-state index in [0.717, 1.165) is 13.0 Å². The van der Waals surface area contributed by atoms with Gasteiger partial charge in [0, 0.05) is 18.3 Å². The number of carbonyl (C=O) groups excluding carboxylic acids is 1. The number of H-pyrrole nitrogens is 1. The van der Waals surface area contributed by atoms with Gasteiger partial charge in [0.2, 0.25) is 0 Å². The van der Waals surface area contributed by atoms with Gasteiger partial charge in [-0.1, -0.05) is 18.5 Å². The normalized spacial score (nSPS) is 10.2. The first kappa shape index (κ1) is 13.4. The van der Waals surface area contributed by atoms with E-state index in [2.05, 4.69) is 25.8 Å². The van der Waals surface area contributed by atoms with E-state index in [1.165, 1.54) is 12.3 Å². The van der Waals surface area contributed by atoms with Crippen molar-refractivity contribution in [1.29, 1.82) is 0 Å². The number of aromatic nitrogens is 3. The largest absolute Gasteiger partial charge is 0.370 e. The number of pyridine rings is 1. The molecule has 0 aliphatic heterocycles. The van der Waals surface area contributed by atoms with E-state index in [1.54, 1.807) is 12.3 Å². The van der Waals surface area contributed by atoms with Crippen molar-refractivity contribution in [2.24, 2.45) is 0 Å². The number of hydrogen-bond donors (Lipinski definition) is 3. The van der Waals surface area contributed by atoms with Gasteiger partial charge in [-0.3, -0.25) is 9.89 Å². The number of rotatable bonds is 5. The Morgan fingerprint density at radius 2 is 2.32 bits per heavy atom. The highest BCUT2D eigenvalue weighted by Crippen LogP contribution is 2.16. The summed E-state index contributed by atoms with van der Waals surface area (Å²) in [7, 11) is 0. The average molecular weight is 280 g/mol. The van der Waals surface area contributed by atoms with Crippen molar-refractivity contribution in [3.63, 3.8) is 0 Å². The van der Waals surface area contributed by atoms with Crippen LogP contribution in [0.15, 0.2) is 24.5 Å². The molecule has 0 fully saturated rings. The van der Waals surface area contributed by atoms with Gasteiger partial charge in [-0.2, -0.15) is 5.10 Å². The summed E-state index contributed by atoms with van der Waals surface area (Å²) in [4.78, 5) is 16.1. The standard InChI is InChI=1S/C12H14ClN5O/c1-2-3-14-11-5-8(4-10(13)18-11)12(19)17-9-6-15-16-7-9/h4-7H,2-3H2,1H3,(H,14,18)(H,15,16)(H,17,19). The number of amides is 1. The Labute approximate surface area is 115 Å². The summed E-state index contributed by atoms with van der Waals surface area (Å²) >= 11 is 5.91. The van der Waals surface area contributed by atoms with E-state index in [-0.39, 0.29) is 11.1 Å². The zero-order valence-corrected chi connectivity index (χ0v) is 11.2. The molecular formula is C12H14ClN5O. The second-order valence-electron chi connectivity index (χ2n) is 3.93. The highest BCUT2D eigenvalue weighted by Gasteiger charge is 2.10. The van der Waals surface area contributed by atoms with E-state index >= 15 is 0 Å². The van der Waals surface area contributed by atoms with Crippen molar-refractivity contribution < 1.29 is 4.79 Å². The number of nitrogens with one attached hydrogen (secondary N) is 3. The summed E-state index contributed by atoms with van der Waals surface area (Å²) in [6.45, 7) is 2.82. The van der Waals surface area contributed by atoms with Crippen molar-refractivity contribution in [2.45, 2.75) is 13.3 Å². The molecule has 0 spiro atoms. The van der Waals surface area contributed by atoms with Gasteiger partial charge in [-0.25, -0.2) is 4.98 Å². The fraction of sp³-hybridized carbons (Fsp3) is 0.250. The lowest BCUT2D eigenvalue weighted by atomic mass is 10.2. The molecule has 2 rings (SSSR count). The fourth-order valence-corrected chi connectivity index (χ4v) is 1.70. The predicted molar refractivity (Wildman–Crippen MR) is 74.6 cm³/mol. The zero-order valence-electron chi connectivity index (χ0n) is 10.4. The Hall–Kier alpha value is -2.08. The van der Waals surface area contributed by atoms with Crippen molar-refractivity contribution in [2.75, 3.05) is 17.2 Å². The van der Waals surface area contributed by atoms with Crippen LogP contribution in [0.3, 0.4) is 0 Å². The van der Waals surface area contributed by atoms with Crippen LogP contribution in [0.1, 0.15) is 23.7 Å². The number of halogens is 1. The number of anilines is 2. The molecule has 0 aliphatic rings. The van der Waals surface area contributed by atoms with Crippen LogP contribution in [0.5, 0.6) is 0 Å². The quantitative estimate of drug-likeness (QED) is 0.735. The second-order valence-corrected chi connectivity index (χ2v) is 4.32. The first-order chi connectivity index (χ1) is 9.19. The Morgan fingerprint density at radius 1 is 1.47 bits per heavy atom. The second kappa shape index (κ2) is 6.19. The number of aromatic amines is 1. The summed E-state index contributed by atoms with van der Waals surface area (Å²) in [5.41, 5.74) is 1.04. The summed E-state index contributed by atoms with van der Waals surface area (Å²) in [6, 6.07) is 3.19. The van der Waals surface area contributed by atoms with Crippen molar-refractivity contribution >= 4 is 29.0 Å². The summed E-state index contributed by atoms with van der Waals surface area (Å²) in [5, 5.41) is 12.4. The first-order valence-electron chi connectivity index (χ1n) is 5.90. The third-order valence-corrected chi connectivity index (χ3v) is 2.56. The minimum Gasteiger partial charge on any atom is -0.370 e. The number of hydrogen-bond acceptors (Lipinski definition) is 4. The lowest BCUT2D eigenvalue weighted by molar-refractivity contribution is 0.102. The maximum atomic E-state index is 12.0. The van der Waals surface area contributed by atoms with Crippen molar-refractivity contribution in [3.8, 4) is 0 Å². The van der Waals surface area contributed by atoms with Gasteiger partial charge < -0.3 is 10.6 Å². The smallest absolute Gasteiger partial charge is 0.255 e. The molecule has 0 aliphatic carbocycles. The van der Waals surface area contributed by atoms with Gasteiger partial charge in [-0.05, 0) is 18.6 Å².